The largest absolute Gasteiger partial charge is 0.479 e. The Hall–Kier alpha value is -5.15. The van der Waals surface area contributed by atoms with Gasteiger partial charge in [-0.3, -0.25) is 9.69 Å². The number of carboxylic acids is 1. The first-order chi connectivity index (χ1) is 20.9. The fourth-order valence-corrected chi connectivity index (χ4v) is 4.68. The first-order valence-electron chi connectivity index (χ1n) is 13.7. The molecule has 0 spiro atoms. The molecule has 4 N–H and O–H groups in total. The summed E-state index contributed by atoms with van der Waals surface area (Å²) in [6.07, 6.45) is -0.163. The molecule has 0 radical (unpaired) electrons. The number of nitrogens with one attached hydrogen (secondary N) is 2. The molecule has 0 saturated heterocycles. The molecule has 4 rings (SSSR count). The van der Waals surface area contributed by atoms with Crippen molar-refractivity contribution in [2.75, 3.05) is 16.8 Å². The Balaban J connectivity index is 1.59. The third-order valence-corrected chi connectivity index (χ3v) is 7.02. The molecule has 0 bridgehead atoms. The average molecular weight is 607 g/mol. The number of nitriles is 1. The predicted molar refractivity (Wildman–Crippen MR) is 157 cm³/mol. The zero-order chi connectivity index (χ0) is 31.9. The zero-order valence-corrected chi connectivity index (χ0v) is 23.4. The first kappa shape index (κ1) is 31.8. The van der Waals surface area contributed by atoms with Crippen molar-refractivity contribution in [2.45, 2.75) is 44.5 Å². The molecule has 0 fully saturated rings. The van der Waals surface area contributed by atoms with Crippen LogP contribution in [0.25, 0.3) is 5.57 Å². The minimum absolute atomic E-state index is 0.0302. The molecule has 9 nitrogen and oxygen atoms in total. The number of halogens is 3. The van der Waals surface area contributed by atoms with E-state index in [1.54, 1.807) is 30.3 Å². The maximum atomic E-state index is 13.5. The number of carbonyl (C=O) groups is 3. The third-order valence-electron chi connectivity index (χ3n) is 7.02. The summed E-state index contributed by atoms with van der Waals surface area (Å²) in [7, 11) is 0. The average Bonchev–Trinajstić information content (AvgIpc) is 3.02. The number of rotatable bonds is 9. The zero-order valence-electron chi connectivity index (χ0n) is 23.4. The SMILES string of the molecule is N#Cc1cc(NC(=O)N(Cc2ccc(C(=O)NCC(O)C(=O)O)cc2)c2ccc(C3=CCCCC3)cc2)cc(C(F)(F)F)c1. The van der Waals surface area contributed by atoms with E-state index in [0.29, 0.717) is 17.3 Å². The van der Waals surface area contributed by atoms with Gasteiger partial charge in [0.1, 0.15) is 0 Å². The Labute approximate surface area is 251 Å². The van der Waals surface area contributed by atoms with Gasteiger partial charge in [0, 0.05) is 16.9 Å². The molecule has 1 aliphatic rings. The van der Waals surface area contributed by atoms with Gasteiger partial charge in [0.15, 0.2) is 6.10 Å². The number of anilines is 2. The number of carboxylic acid groups (broad SMARTS) is 1. The van der Waals surface area contributed by atoms with Crippen molar-refractivity contribution in [3.05, 3.63) is 101 Å². The van der Waals surface area contributed by atoms with Gasteiger partial charge in [0.05, 0.1) is 30.3 Å². The van der Waals surface area contributed by atoms with Crippen LogP contribution in [0, 0.1) is 11.3 Å². The van der Waals surface area contributed by atoms with E-state index >= 15 is 0 Å². The molecule has 0 aromatic heterocycles. The number of aliphatic carboxylic acids is 1. The molecule has 44 heavy (non-hydrogen) atoms. The smallest absolute Gasteiger partial charge is 0.416 e. The highest BCUT2D eigenvalue weighted by atomic mass is 19.4. The predicted octanol–water partition coefficient (Wildman–Crippen LogP) is 5.95. The number of alkyl halides is 3. The highest BCUT2D eigenvalue weighted by Gasteiger charge is 2.31. The van der Waals surface area contributed by atoms with Gasteiger partial charge in [-0.05, 0) is 84.8 Å². The Morgan fingerprint density at radius 3 is 2.30 bits per heavy atom. The van der Waals surface area contributed by atoms with E-state index in [1.807, 2.05) is 12.1 Å². The molecule has 3 aromatic rings. The van der Waals surface area contributed by atoms with E-state index in [2.05, 4.69) is 16.7 Å². The van der Waals surface area contributed by atoms with Crippen molar-refractivity contribution in [1.82, 2.24) is 5.32 Å². The van der Waals surface area contributed by atoms with E-state index in [9.17, 15) is 37.9 Å². The normalized spacial score (nSPS) is 13.7. The van der Waals surface area contributed by atoms with Crippen LogP contribution in [0.15, 0.2) is 72.8 Å². The number of carbonyl (C=O) groups excluding carboxylic acids is 2. The van der Waals surface area contributed by atoms with Gasteiger partial charge in [0.25, 0.3) is 5.91 Å². The summed E-state index contributed by atoms with van der Waals surface area (Å²) in [4.78, 5) is 38.0. The summed E-state index contributed by atoms with van der Waals surface area (Å²) in [5.41, 5.74) is 1.88. The molecule has 1 atom stereocenters. The lowest BCUT2D eigenvalue weighted by Gasteiger charge is -2.24. The number of hydrogen-bond acceptors (Lipinski definition) is 5. The third kappa shape index (κ3) is 8.23. The highest BCUT2D eigenvalue weighted by Crippen LogP contribution is 2.33. The minimum atomic E-state index is -4.73. The van der Waals surface area contributed by atoms with Crippen molar-refractivity contribution < 1.29 is 37.8 Å². The molecular weight excluding hydrogens is 577 g/mol. The van der Waals surface area contributed by atoms with Gasteiger partial charge in [-0.2, -0.15) is 18.4 Å². The highest BCUT2D eigenvalue weighted by molar-refractivity contribution is 6.02. The van der Waals surface area contributed by atoms with Crippen LogP contribution in [0.4, 0.5) is 29.3 Å². The first-order valence-corrected chi connectivity index (χ1v) is 13.7. The van der Waals surface area contributed by atoms with E-state index in [4.69, 9.17) is 5.11 Å². The van der Waals surface area contributed by atoms with Crippen LogP contribution >= 0.6 is 0 Å². The van der Waals surface area contributed by atoms with Crippen molar-refractivity contribution in [3.8, 4) is 6.07 Å². The Morgan fingerprint density at radius 2 is 1.70 bits per heavy atom. The Kier molecular flexibility index (Phi) is 10.0. The van der Waals surface area contributed by atoms with Crippen LogP contribution in [-0.2, 0) is 17.5 Å². The van der Waals surface area contributed by atoms with Gasteiger partial charge in [-0.25, -0.2) is 9.59 Å². The van der Waals surface area contributed by atoms with Gasteiger partial charge >= 0.3 is 18.2 Å². The standard InChI is InChI=1S/C32H29F3N4O5/c33-32(34,35)25-14-21(17-36)15-26(16-25)38-31(44)39(27-12-10-23(11-13-27)22-4-2-1-3-5-22)19-20-6-8-24(9-7-20)29(41)37-18-28(40)30(42)43/h4,6-16,28,40H,1-3,5,18-19H2,(H,37,41)(H,38,44)(H,42,43). The number of nitrogens with zero attached hydrogens (tertiary/aromatic N) is 2. The lowest BCUT2D eigenvalue weighted by atomic mass is 9.93. The lowest BCUT2D eigenvalue weighted by Crippen LogP contribution is -2.36. The summed E-state index contributed by atoms with van der Waals surface area (Å²) >= 11 is 0. The van der Waals surface area contributed by atoms with E-state index in [0.717, 1.165) is 43.4 Å². The molecule has 0 aliphatic heterocycles. The molecule has 0 heterocycles. The van der Waals surface area contributed by atoms with Crippen LogP contribution in [0.1, 0.15) is 58.3 Å². The van der Waals surface area contributed by atoms with Gasteiger partial charge < -0.3 is 20.8 Å². The second-order valence-electron chi connectivity index (χ2n) is 10.2. The van der Waals surface area contributed by atoms with Crippen molar-refractivity contribution >= 4 is 34.9 Å². The molecule has 1 unspecified atom stereocenters. The van der Waals surface area contributed by atoms with Crippen molar-refractivity contribution in [1.29, 1.82) is 5.26 Å². The summed E-state index contributed by atoms with van der Waals surface area (Å²) in [6.45, 7) is -0.516. The summed E-state index contributed by atoms with van der Waals surface area (Å²) in [6, 6.07) is 16.8. The molecule has 3 amide bonds. The summed E-state index contributed by atoms with van der Waals surface area (Å²) in [5, 5.41) is 32.2. The van der Waals surface area contributed by atoms with Gasteiger partial charge in [-0.1, -0.05) is 30.3 Å². The van der Waals surface area contributed by atoms with Crippen LogP contribution in [0.2, 0.25) is 0 Å². The Bertz CT molecular complexity index is 1600. The van der Waals surface area contributed by atoms with Crippen molar-refractivity contribution in [3.63, 3.8) is 0 Å². The van der Waals surface area contributed by atoms with E-state index in [1.165, 1.54) is 22.6 Å². The molecule has 228 valence electrons. The molecule has 3 aromatic carbocycles. The number of aliphatic hydroxyl groups is 1. The number of amides is 3. The number of allylic oxidation sites excluding steroid dienone is 2. The van der Waals surface area contributed by atoms with Crippen LogP contribution in [-0.4, -0.2) is 40.8 Å². The second kappa shape index (κ2) is 13.9. The fraction of sp³-hybridized carbons (Fsp3) is 0.250. The number of hydrogen-bond donors (Lipinski definition) is 4. The Morgan fingerprint density at radius 1 is 1.00 bits per heavy atom. The summed E-state index contributed by atoms with van der Waals surface area (Å²) < 4.78 is 40.3. The van der Waals surface area contributed by atoms with E-state index < -0.39 is 42.3 Å². The maximum Gasteiger partial charge on any atom is 0.416 e. The molecular formula is C32H29F3N4O5. The molecule has 12 heteroatoms. The van der Waals surface area contributed by atoms with Crippen LogP contribution in [0.3, 0.4) is 0 Å². The van der Waals surface area contributed by atoms with Crippen molar-refractivity contribution in [2.24, 2.45) is 0 Å². The van der Waals surface area contributed by atoms with Gasteiger partial charge in [-0.15, -0.1) is 0 Å². The fourth-order valence-electron chi connectivity index (χ4n) is 4.68. The molecule has 1 aliphatic carbocycles. The van der Waals surface area contributed by atoms with E-state index in [-0.39, 0.29) is 23.4 Å². The van der Waals surface area contributed by atoms with Gasteiger partial charge in [0.2, 0.25) is 0 Å². The van der Waals surface area contributed by atoms with Crippen LogP contribution in [0.5, 0.6) is 0 Å². The summed E-state index contributed by atoms with van der Waals surface area (Å²) in [5.74, 6) is -2.09. The molecule has 0 saturated carbocycles. The minimum Gasteiger partial charge on any atom is -0.479 e. The number of urea groups is 1. The lowest BCUT2D eigenvalue weighted by molar-refractivity contribution is -0.146. The quantitative estimate of drug-likeness (QED) is 0.237. The number of aliphatic hydroxyl groups excluding tert-OH is 1. The number of benzene rings is 3. The maximum absolute atomic E-state index is 13.5. The second-order valence-corrected chi connectivity index (χ2v) is 10.2. The topological polar surface area (TPSA) is 143 Å². The van der Waals surface area contributed by atoms with Crippen LogP contribution < -0.4 is 15.5 Å². The monoisotopic (exact) mass is 606 g/mol.